The van der Waals surface area contributed by atoms with Crippen LogP contribution in [-0.2, 0) is 11.4 Å². The minimum absolute atomic E-state index is 0.119. The Hall–Kier alpha value is -4.07. The van der Waals surface area contributed by atoms with Gasteiger partial charge in [-0.1, -0.05) is 29.8 Å². The fourth-order valence-electron chi connectivity index (χ4n) is 4.19. The summed E-state index contributed by atoms with van der Waals surface area (Å²) >= 11 is 0. The fourth-order valence-corrected chi connectivity index (χ4v) is 4.19. The number of anilines is 1. The number of primary amides is 1. The van der Waals surface area contributed by atoms with Crippen molar-refractivity contribution in [2.24, 2.45) is 11.7 Å². The molecule has 3 N–H and O–H groups in total. The van der Waals surface area contributed by atoms with Crippen molar-refractivity contribution < 1.29 is 23.5 Å². The summed E-state index contributed by atoms with van der Waals surface area (Å²) in [6, 6.07) is 16.0. The predicted octanol–water partition coefficient (Wildman–Crippen LogP) is 4.07. The Kier molecular flexibility index (Phi) is 7.19. The summed E-state index contributed by atoms with van der Waals surface area (Å²) < 4.78 is 11.5. The van der Waals surface area contributed by atoms with E-state index in [9.17, 15) is 14.4 Å². The summed E-state index contributed by atoms with van der Waals surface area (Å²) in [6.45, 7) is 5.06. The van der Waals surface area contributed by atoms with Gasteiger partial charge in [-0.2, -0.15) is 0 Å². The van der Waals surface area contributed by atoms with Gasteiger partial charge in [0, 0.05) is 19.0 Å². The molecule has 0 bridgehead atoms. The number of nitrogens with two attached hydrogens (primary N) is 1. The second kappa shape index (κ2) is 10.5. The highest BCUT2D eigenvalue weighted by Crippen LogP contribution is 2.24. The van der Waals surface area contributed by atoms with Gasteiger partial charge in [0.1, 0.15) is 18.1 Å². The average Bonchev–Trinajstić information content (AvgIpc) is 3.33. The lowest BCUT2D eigenvalue weighted by Crippen LogP contribution is -2.42. The van der Waals surface area contributed by atoms with E-state index in [-0.39, 0.29) is 30.1 Å². The predicted molar refractivity (Wildman–Crippen MR) is 131 cm³/mol. The smallest absolute Gasteiger partial charge is 0.291 e. The third-order valence-electron chi connectivity index (χ3n) is 6.18. The molecule has 2 heterocycles. The summed E-state index contributed by atoms with van der Waals surface area (Å²) in [7, 11) is 0. The number of para-hydroxylation sites is 1. The number of benzene rings is 2. The SMILES string of the molecule is Cc1ccc(OCc2ccc(C(=O)Nc3ccccc3C(=O)N3CCC(C(N)=O)CC3)o2)c(C)c1. The lowest BCUT2D eigenvalue weighted by molar-refractivity contribution is -0.123. The van der Waals surface area contributed by atoms with E-state index in [2.05, 4.69) is 5.32 Å². The summed E-state index contributed by atoms with van der Waals surface area (Å²) in [4.78, 5) is 39.0. The zero-order chi connectivity index (χ0) is 24.9. The molecule has 2 aromatic carbocycles. The molecule has 3 aromatic rings. The second-order valence-electron chi connectivity index (χ2n) is 8.79. The maximum Gasteiger partial charge on any atom is 0.291 e. The van der Waals surface area contributed by atoms with Gasteiger partial charge in [-0.3, -0.25) is 14.4 Å². The number of aryl methyl sites for hydroxylation is 2. The van der Waals surface area contributed by atoms with Crippen LogP contribution in [0.5, 0.6) is 5.75 Å². The summed E-state index contributed by atoms with van der Waals surface area (Å²) in [5.74, 6) is 0.181. The molecule has 35 heavy (non-hydrogen) atoms. The molecule has 0 atom stereocenters. The molecule has 1 fully saturated rings. The summed E-state index contributed by atoms with van der Waals surface area (Å²) in [6.07, 6.45) is 1.07. The number of likely N-dealkylation sites (tertiary alicyclic amines) is 1. The van der Waals surface area contributed by atoms with Crippen molar-refractivity contribution in [3.05, 3.63) is 82.8 Å². The molecule has 1 aliphatic rings. The highest BCUT2D eigenvalue weighted by molar-refractivity contribution is 6.08. The molecule has 1 aliphatic heterocycles. The fraction of sp³-hybridized carbons (Fsp3) is 0.296. The van der Waals surface area contributed by atoms with Crippen LogP contribution in [0.15, 0.2) is 59.0 Å². The van der Waals surface area contributed by atoms with Gasteiger partial charge >= 0.3 is 0 Å². The molecule has 4 rings (SSSR count). The van der Waals surface area contributed by atoms with Crippen LogP contribution in [0.2, 0.25) is 0 Å². The molecule has 8 nitrogen and oxygen atoms in total. The Bertz CT molecular complexity index is 1240. The molecule has 8 heteroatoms. The van der Waals surface area contributed by atoms with Crippen LogP contribution in [0.3, 0.4) is 0 Å². The number of hydrogen-bond acceptors (Lipinski definition) is 5. The molecule has 0 radical (unpaired) electrons. The molecular weight excluding hydrogens is 446 g/mol. The maximum absolute atomic E-state index is 13.1. The third-order valence-corrected chi connectivity index (χ3v) is 6.18. The van der Waals surface area contributed by atoms with Gasteiger partial charge in [0.05, 0.1) is 11.3 Å². The normalized spacial score (nSPS) is 13.9. The van der Waals surface area contributed by atoms with Crippen LogP contribution in [0.1, 0.15) is 50.6 Å². The summed E-state index contributed by atoms with van der Waals surface area (Å²) in [5, 5.41) is 2.78. The highest BCUT2D eigenvalue weighted by atomic mass is 16.5. The zero-order valence-electron chi connectivity index (χ0n) is 19.9. The number of nitrogens with zero attached hydrogens (tertiary/aromatic N) is 1. The van der Waals surface area contributed by atoms with Crippen molar-refractivity contribution in [2.75, 3.05) is 18.4 Å². The number of carbonyl (C=O) groups excluding carboxylic acids is 3. The van der Waals surface area contributed by atoms with Gasteiger partial charge in [0.2, 0.25) is 5.91 Å². The molecule has 0 unspecified atom stereocenters. The van der Waals surface area contributed by atoms with Crippen LogP contribution in [0, 0.1) is 19.8 Å². The van der Waals surface area contributed by atoms with E-state index >= 15 is 0 Å². The van der Waals surface area contributed by atoms with E-state index in [0.717, 1.165) is 16.9 Å². The number of nitrogens with one attached hydrogen (secondary N) is 1. The highest BCUT2D eigenvalue weighted by Gasteiger charge is 2.28. The molecular formula is C27H29N3O5. The van der Waals surface area contributed by atoms with Crippen LogP contribution >= 0.6 is 0 Å². The zero-order valence-corrected chi connectivity index (χ0v) is 19.9. The first-order valence-corrected chi connectivity index (χ1v) is 11.6. The molecule has 1 saturated heterocycles. The van der Waals surface area contributed by atoms with Gasteiger partial charge in [0.15, 0.2) is 5.76 Å². The molecule has 182 valence electrons. The van der Waals surface area contributed by atoms with E-state index in [1.807, 2.05) is 32.0 Å². The van der Waals surface area contributed by atoms with Crippen LogP contribution in [-0.4, -0.2) is 35.7 Å². The number of furan rings is 1. The average molecular weight is 476 g/mol. The quantitative estimate of drug-likeness (QED) is 0.535. The molecule has 3 amide bonds. The Morgan fingerprint density at radius 1 is 1.06 bits per heavy atom. The Balaban J connectivity index is 1.39. The molecule has 0 aliphatic carbocycles. The number of rotatable bonds is 7. The Morgan fingerprint density at radius 3 is 2.51 bits per heavy atom. The standard InChI is InChI=1S/C27H29N3O5/c1-17-7-9-23(18(2)15-17)34-16-20-8-10-24(35-20)26(32)29-22-6-4-3-5-21(22)27(33)30-13-11-19(12-14-30)25(28)31/h3-10,15,19H,11-14,16H2,1-2H3,(H2,28,31)(H,29,32). The van der Waals surface area contributed by atoms with Crippen molar-refractivity contribution in [3.63, 3.8) is 0 Å². The van der Waals surface area contributed by atoms with E-state index in [0.29, 0.717) is 42.9 Å². The second-order valence-corrected chi connectivity index (χ2v) is 8.79. The minimum Gasteiger partial charge on any atom is -0.485 e. The van der Waals surface area contributed by atoms with Crippen molar-refractivity contribution in [3.8, 4) is 5.75 Å². The van der Waals surface area contributed by atoms with Gasteiger partial charge < -0.3 is 25.1 Å². The molecule has 1 aromatic heterocycles. The Morgan fingerprint density at radius 2 is 1.80 bits per heavy atom. The maximum atomic E-state index is 13.1. The number of amides is 3. The first-order valence-electron chi connectivity index (χ1n) is 11.6. The van der Waals surface area contributed by atoms with Crippen molar-refractivity contribution >= 4 is 23.4 Å². The van der Waals surface area contributed by atoms with E-state index < -0.39 is 5.91 Å². The van der Waals surface area contributed by atoms with Crippen molar-refractivity contribution in [1.82, 2.24) is 4.90 Å². The van der Waals surface area contributed by atoms with E-state index in [4.69, 9.17) is 14.9 Å². The summed E-state index contributed by atoms with van der Waals surface area (Å²) in [5.41, 5.74) is 8.34. The topological polar surface area (TPSA) is 115 Å². The lowest BCUT2D eigenvalue weighted by atomic mass is 9.95. The van der Waals surface area contributed by atoms with E-state index in [1.54, 1.807) is 41.3 Å². The largest absolute Gasteiger partial charge is 0.485 e. The van der Waals surface area contributed by atoms with Gasteiger partial charge in [-0.05, 0) is 62.6 Å². The van der Waals surface area contributed by atoms with E-state index in [1.165, 1.54) is 0 Å². The lowest BCUT2D eigenvalue weighted by Gasteiger charge is -2.31. The van der Waals surface area contributed by atoms with Crippen molar-refractivity contribution in [2.45, 2.75) is 33.3 Å². The monoisotopic (exact) mass is 475 g/mol. The first kappa shape index (κ1) is 24.1. The van der Waals surface area contributed by atoms with Crippen molar-refractivity contribution in [1.29, 1.82) is 0 Å². The van der Waals surface area contributed by atoms with Gasteiger partial charge in [0.25, 0.3) is 11.8 Å². The third kappa shape index (κ3) is 5.71. The van der Waals surface area contributed by atoms with Crippen LogP contribution < -0.4 is 15.8 Å². The first-order chi connectivity index (χ1) is 16.8. The van der Waals surface area contributed by atoms with Crippen LogP contribution in [0.25, 0.3) is 0 Å². The number of carbonyl (C=O) groups is 3. The van der Waals surface area contributed by atoms with Gasteiger partial charge in [-0.15, -0.1) is 0 Å². The number of piperidine rings is 1. The van der Waals surface area contributed by atoms with Gasteiger partial charge in [-0.25, -0.2) is 0 Å². The molecule has 0 saturated carbocycles. The number of ether oxygens (including phenoxy) is 1. The van der Waals surface area contributed by atoms with Crippen LogP contribution in [0.4, 0.5) is 5.69 Å². The Labute approximate surface area is 204 Å². The molecule has 0 spiro atoms. The number of hydrogen-bond donors (Lipinski definition) is 2. The minimum atomic E-state index is -0.463.